The second-order valence-electron chi connectivity index (χ2n) is 3.55. The molecule has 2 atom stereocenters. The number of rotatable bonds is 2. The number of hydrogen-bond donors (Lipinski definition) is 0. The third-order valence-corrected chi connectivity index (χ3v) is 2.74. The van der Waals surface area contributed by atoms with Crippen LogP contribution in [0.5, 0.6) is 0 Å². The fraction of sp³-hybridized carbons (Fsp3) is 1.00. The van der Waals surface area contributed by atoms with Crippen LogP contribution in [0.15, 0.2) is 0 Å². The minimum atomic E-state index is -0.415. The van der Waals surface area contributed by atoms with E-state index in [9.17, 15) is 0 Å². The van der Waals surface area contributed by atoms with Crippen molar-refractivity contribution >= 4 is 0 Å². The fourth-order valence-corrected chi connectivity index (χ4v) is 1.99. The summed E-state index contributed by atoms with van der Waals surface area (Å²) in [6.45, 7) is 0. The molecule has 0 saturated carbocycles. The van der Waals surface area contributed by atoms with E-state index in [4.69, 9.17) is 18.9 Å². The molecule has 2 aliphatic rings. The maximum absolute atomic E-state index is 5.67. The molecule has 13 heavy (non-hydrogen) atoms. The van der Waals surface area contributed by atoms with Crippen LogP contribution < -0.4 is 0 Å². The van der Waals surface area contributed by atoms with E-state index in [1.54, 1.807) is 14.2 Å². The SMILES string of the molecule is COC1CCC2(CCC(OC)O2)O1. The smallest absolute Gasteiger partial charge is 0.174 e. The largest absolute Gasteiger partial charge is 0.356 e. The molecule has 2 rings (SSSR count). The minimum Gasteiger partial charge on any atom is -0.356 e. The number of hydrogen-bond acceptors (Lipinski definition) is 4. The average molecular weight is 188 g/mol. The molecule has 0 amide bonds. The summed E-state index contributed by atoms with van der Waals surface area (Å²) in [5.41, 5.74) is 0. The van der Waals surface area contributed by atoms with Crippen molar-refractivity contribution in [2.45, 2.75) is 44.1 Å². The molecule has 2 fully saturated rings. The van der Waals surface area contributed by atoms with Crippen LogP contribution in [0.3, 0.4) is 0 Å². The third kappa shape index (κ3) is 1.72. The Morgan fingerprint density at radius 1 is 1.00 bits per heavy atom. The molecule has 2 saturated heterocycles. The molecule has 0 aromatic heterocycles. The van der Waals surface area contributed by atoms with Crippen LogP contribution in [0, 0.1) is 0 Å². The Kier molecular flexibility index (Phi) is 2.55. The van der Waals surface area contributed by atoms with Crippen molar-refractivity contribution in [3.05, 3.63) is 0 Å². The van der Waals surface area contributed by atoms with Gasteiger partial charge < -0.3 is 18.9 Å². The summed E-state index contributed by atoms with van der Waals surface area (Å²) in [7, 11) is 3.32. The van der Waals surface area contributed by atoms with Gasteiger partial charge in [-0.2, -0.15) is 0 Å². The van der Waals surface area contributed by atoms with Gasteiger partial charge in [-0.15, -0.1) is 0 Å². The zero-order valence-corrected chi connectivity index (χ0v) is 8.12. The van der Waals surface area contributed by atoms with Crippen LogP contribution in [-0.4, -0.2) is 32.6 Å². The Hall–Kier alpha value is -0.160. The predicted molar refractivity (Wildman–Crippen MR) is 45.0 cm³/mol. The van der Waals surface area contributed by atoms with Crippen LogP contribution in [-0.2, 0) is 18.9 Å². The molecule has 0 bridgehead atoms. The van der Waals surface area contributed by atoms with Crippen LogP contribution in [0.2, 0.25) is 0 Å². The summed E-state index contributed by atoms with van der Waals surface area (Å²) < 4.78 is 21.6. The number of ether oxygens (including phenoxy) is 4. The van der Waals surface area contributed by atoms with Gasteiger partial charge in [0.1, 0.15) is 0 Å². The minimum absolute atomic E-state index is 0.101. The Morgan fingerprint density at radius 2 is 1.46 bits per heavy atom. The molecule has 0 aliphatic carbocycles. The highest BCUT2D eigenvalue weighted by atomic mass is 16.8. The van der Waals surface area contributed by atoms with Crippen molar-refractivity contribution < 1.29 is 18.9 Å². The molecular weight excluding hydrogens is 172 g/mol. The molecule has 2 unspecified atom stereocenters. The fourth-order valence-electron chi connectivity index (χ4n) is 1.99. The van der Waals surface area contributed by atoms with Gasteiger partial charge in [0.25, 0.3) is 0 Å². The maximum Gasteiger partial charge on any atom is 0.174 e. The summed E-state index contributed by atoms with van der Waals surface area (Å²) in [5.74, 6) is -0.415. The molecule has 1 spiro atoms. The topological polar surface area (TPSA) is 36.9 Å². The van der Waals surface area contributed by atoms with Crippen molar-refractivity contribution in [1.82, 2.24) is 0 Å². The molecule has 0 aromatic rings. The van der Waals surface area contributed by atoms with Gasteiger partial charge in [0.15, 0.2) is 18.4 Å². The normalized spacial score (nSPS) is 44.8. The first-order valence-electron chi connectivity index (χ1n) is 4.69. The van der Waals surface area contributed by atoms with E-state index in [1.165, 1.54) is 0 Å². The van der Waals surface area contributed by atoms with Crippen LogP contribution in [0.4, 0.5) is 0 Å². The van der Waals surface area contributed by atoms with Crippen LogP contribution in [0.1, 0.15) is 25.7 Å². The van der Waals surface area contributed by atoms with E-state index < -0.39 is 5.79 Å². The van der Waals surface area contributed by atoms with Crippen molar-refractivity contribution in [2.75, 3.05) is 14.2 Å². The standard InChI is InChI=1S/C9H16O4/c1-10-7-3-5-9(12-7)6-4-8(11-2)13-9/h7-8H,3-6H2,1-2H3. The second-order valence-corrected chi connectivity index (χ2v) is 3.55. The predicted octanol–water partition coefficient (Wildman–Crippen LogP) is 1.25. The van der Waals surface area contributed by atoms with E-state index in [0.29, 0.717) is 0 Å². The zero-order chi connectivity index (χ0) is 9.31. The van der Waals surface area contributed by atoms with E-state index in [1.807, 2.05) is 0 Å². The molecule has 0 aromatic carbocycles. The molecular formula is C9H16O4. The first kappa shape index (κ1) is 9.40. The first-order valence-corrected chi connectivity index (χ1v) is 4.69. The third-order valence-electron chi connectivity index (χ3n) is 2.74. The average Bonchev–Trinajstić information content (AvgIpc) is 2.74. The molecule has 0 N–H and O–H groups in total. The molecule has 2 heterocycles. The highest BCUT2D eigenvalue weighted by Gasteiger charge is 2.47. The van der Waals surface area contributed by atoms with Gasteiger partial charge in [-0.05, 0) is 0 Å². The second kappa shape index (κ2) is 3.53. The Labute approximate surface area is 78.1 Å². The van der Waals surface area contributed by atoms with Gasteiger partial charge in [0, 0.05) is 39.9 Å². The summed E-state index contributed by atoms with van der Waals surface area (Å²) >= 11 is 0. The highest BCUT2D eigenvalue weighted by molar-refractivity contribution is 4.83. The maximum atomic E-state index is 5.67. The summed E-state index contributed by atoms with van der Waals surface area (Å²) in [6.07, 6.45) is 3.43. The van der Waals surface area contributed by atoms with Gasteiger partial charge in [0.05, 0.1) is 0 Å². The highest BCUT2D eigenvalue weighted by Crippen LogP contribution is 2.41. The summed E-state index contributed by atoms with van der Waals surface area (Å²) in [4.78, 5) is 0. The van der Waals surface area contributed by atoms with E-state index in [0.717, 1.165) is 25.7 Å². The molecule has 4 heteroatoms. The summed E-state index contributed by atoms with van der Waals surface area (Å²) in [6, 6.07) is 0. The van der Waals surface area contributed by atoms with Crippen molar-refractivity contribution in [3.63, 3.8) is 0 Å². The van der Waals surface area contributed by atoms with Crippen molar-refractivity contribution in [3.8, 4) is 0 Å². The zero-order valence-electron chi connectivity index (χ0n) is 8.12. The molecule has 2 aliphatic heterocycles. The molecule has 4 nitrogen and oxygen atoms in total. The van der Waals surface area contributed by atoms with Crippen molar-refractivity contribution in [2.24, 2.45) is 0 Å². The monoisotopic (exact) mass is 188 g/mol. The Bertz CT molecular complexity index is 162. The Balaban J connectivity index is 1.93. The van der Waals surface area contributed by atoms with Crippen LogP contribution in [0.25, 0.3) is 0 Å². The summed E-state index contributed by atoms with van der Waals surface area (Å²) in [5, 5.41) is 0. The van der Waals surface area contributed by atoms with Gasteiger partial charge in [-0.25, -0.2) is 0 Å². The lowest BCUT2D eigenvalue weighted by Gasteiger charge is -2.23. The lowest BCUT2D eigenvalue weighted by atomic mass is 10.1. The van der Waals surface area contributed by atoms with E-state index in [2.05, 4.69) is 0 Å². The van der Waals surface area contributed by atoms with Crippen molar-refractivity contribution in [1.29, 1.82) is 0 Å². The lowest BCUT2D eigenvalue weighted by Crippen LogP contribution is -2.30. The molecule has 0 radical (unpaired) electrons. The quantitative estimate of drug-likeness (QED) is 0.653. The first-order chi connectivity index (χ1) is 6.28. The van der Waals surface area contributed by atoms with Crippen LogP contribution >= 0.6 is 0 Å². The van der Waals surface area contributed by atoms with E-state index in [-0.39, 0.29) is 12.6 Å². The lowest BCUT2D eigenvalue weighted by molar-refractivity contribution is -0.285. The molecule has 76 valence electrons. The van der Waals surface area contributed by atoms with Gasteiger partial charge in [0.2, 0.25) is 0 Å². The number of methoxy groups -OCH3 is 2. The van der Waals surface area contributed by atoms with Gasteiger partial charge in [-0.3, -0.25) is 0 Å². The van der Waals surface area contributed by atoms with Gasteiger partial charge >= 0.3 is 0 Å². The van der Waals surface area contributed by atoms with Gasteiger partial charge in [-0.1, -0.05) is 0 Å². The van der Waals surface area contributed by atoms with E-state index >= 15 is 0 Å². The Morgan fingerprint density at radius 3 is 1.77 bits per heavy atom.